The largest absolute Gasteiger partial charge is 0.457 e. The lowest BCUT2D eigenvalue weighted by Crippen LogP contribution is -2.53. The van der Waals surface area contributed by atoms with Crippen LogP contribution in [0.3, 0.4) is 0 Å². The van der Waals surface area contributed by atoms with E-state index >= 15 is 4.39 Å². The van der Waals surface area contributed by atoms with Gasteiger partial charge in [0.2, 0.25) is 11.8 Å². The lowest BCUT2D eigenvalue weighted by Gasteiger charge is -2.43. The number of carbonyl (C=O) groups excluding carboxylic acids is 4. The van der Waals surface area contributed by atoms with Crippen LogP contribution >= 0.6 is 0 Å². The van der Waals surface area contributed by atoms with E-state index in [0.29, 0.717) is 40.7 Å². The van der Waals surface area contributed by atoms with Gasteiger partial charge in [-0.25, -0.2) is 9.37 Å². The van der Waals surface area contributed by atoms with Gasteiger partial charge in [0, 0.05) is 81.5 Å². The number of hydrogen-bond acceptors (Lipinski definition) is 9. The summed E-state index contributed by atoms with van der Waals surface area (Å²) in [4.78, 5) is 62.9. The molecule has 3 N–H and O–H groups in total. The van der Waals surface area contributed by atoms with Gasteiger partial charge in [0.15, 0.2) is 0 Å². The number of anilines is 1. The maximum atomic E-state index is 15.3. The zero-order valence-corrected chi connectivity index (χ0v) is 29.9. The van der Waals surface area contributed by atoms with Crippen LogP contribution in [0.15, 0.2) is 78.9 Å². The topological polar surface area (TPSA) is 141 Å². The Morgan fingerprint density at radius 3 is 2.30 bits per heavy atom. The van der Waals surface area contributed by atoms with Crippen LogP contribution in [0.2, 0.25) is 0 Å². The molecule has 8 rings (SSSR count). The van der Waals surface area contributed by atoms with Gasteiger partial charge < -0.3 is 20.3 Å². The second kappa shape index (κ2) is 15.0. The van der Waals surface area contributed by atoms with Gasteiger partial charge in [-0.1, -0.05) is 18.2 Å². The molecule has 4 amide bonds. The van der Waals surface area contributed by atoms with Gasteiger partial charge in [-0.3, -0.25) is 34.3 Å². The number of benzene rings is 3. The molecule has 4 aliphatic heterocycles. The average Bonchev–Trinajstić information content (AvgIpc) is 3.49. The highest BCUT2D eigenvalue weighted by molar-refractivity contribution is 6.05. The highest BCUT2D eigenvalue weighted by Gasteiger charge is 2.40. The fourth-order valence-electron chi connectivity index (χ4n) is 8.10. The maximum Gasteiger partial charge on any atom is 0.255 e. The second-order valence-electron chi connectivity index (χ2n) is 14.4. The summed E-state index contributed by atoms with van der Waals surface area (Å²) in [5.41, 5.74) is 8.99. The summed E-state index contributed by atoms with van der Waals surface area (Å²) in [5.74, 6) is 0.0832. The zero-order valence-electron chi connectivity index (χ0n) is 29.9. The zero-order chi connectivity index (χ0) is 37.3. The lowest BCUT2D eigenvalue weighted by molar-refractivity contribution is -0.136. The SMILES string of the molecule is NC(=O)c1ccc(N2CCC(N3CCN(Cc4cc5c(cc4F)C(=O)N(C4CCC(=O)NC4=O)C5)CC3)CC2)nc1-c1ccc(Oc2ccccc2)cc1. The van der Waals surface area contributed by atoms with Crippen LogP contribution in [-0.4, -0.2) is 94.7 Å². The Morgan fingerprint density at radius 1 is 0.870 bits per heavy atom. The number of rotatable bonds is 9. The molecule has 1 aromatic heterocycles. The van der Waals surface area contributed by atoms with Crippen molar-refractivity contribution in [2.45, 2.75) is 50.9 Å². The minimum absolute atomic E-state index is 0.175. The Bertz CT molecular complexity index is 2080. The van der Waals surface area contributed by atoms with Crippen LogP contribution in [-0.2, 0) is 22.7 Å². The number of ether oxygens (including phenoxy) is 1. The molecule has 0 radical (unpaired) electrons. The van der Waals surface area contributed by atoms with E-state index in [2.05, 4.69) is 20.0 Å². The number of nitrogens with one attached hydrogen (secondary N) is 1. The van der Waals surface area contributed by atoms with E-state index < -0.39 is 23.7 Å². The van der Waals surface area contributed by atoms with Crippen molar-refractivity contribution in [2.24, 2.45) is 5.73 Å². The molecule has 0 bridgehead atoms. The smallest absolute Gasteiger partial charge is 0.255 e. The van der Waals surface area contributed by atoms with E-state index in [0.717, 1.165) is 69.2 Å². The Labute approximate surface area is 312 Å². The summed E-state index contributed by atoms with van der Waals surface area (Å²) < 4.78 is 21.3. The number of piperidine rings is 2. The van der Waals surface area contributed by atoms with Gasteiger partial charge in [-0.15, -0.1) is 0 Å². The van der Waals surface area contributed by atoms with E-state index in [1.54, 1.807) is 12.1 Å². The van der Waals surface area contributed by atoms with Crippen LogP contribution in [0.5, 0.6) is 11.5 Å². The van der Waals surface area contributed by atoms with E-state index in [9.17, 15) is 19.2 Å². The number of primary amides is 1. The molecule has 0 saturated carbocycles. The van der Waals surface area contributed by atoms with E-state index in [-0.39, 0.29) is 36.8 Å². The molecular formula is C41H42FN7O5. The molecule has 12 nitrogen and oxygen atoms in total. The van der Waals surface area contributed by atoms with Gasteiger partial charge >= 0.3 is 0 Å². The molecule has 3 fully saturated rings. The molecule has 13 heteroatoms. The first-order chi connectivity index (χ1) is 26.2. The van der Waals surface area contributed by atoms with Crippen LogP contribution < -0.4 is 20.7 Å². The minimum atomic E-state index is -0.727. The number of nitrogens with zero attached hydrogens (tertiary/aromatic N) is 5. The summed E-state index contributed by atoms with van der Waals surface area (Å²) in [6.07, 6.45) is 2.38. The quantitative estimate of drug-likeness (QED) is 0.241. The molecule has 5 heterocycles. The van der Waals surface area contributed by atoms with Gasteiger partial charge in [-0.05, 0) is 85.5 Å². The predicted molar refractivity (Wildman–Crippen MR) is 199 cm³/mol. The van der Waals surface area contributed by atoms with Gasteiger partial charge in [0.1, 0.15) is 29.2 Å². The number of amides is 4. The van der Waals surface area contributed by atoms with Crippen LogP contribution in [0.1, 0.15) is 57.5 Å². The molecule has 4 aliphatic rings. The first-order valence-electron chi connectivity index (χ1n) is 18.5. The third-order valence-electron chi connectivity index (χ3n) is 11.0. The molecule has 3 saturated heterocycles. The normalized spacial score (nSPS) is 19.9. The van der Waals surface area contributed by atoms with Gasteiger partial charge in [0.25, 0.3) is 11.8 Å². The summed E-state index contributed by atoms with van der Waals surface area (Å²) in [6.45, 7) is 5.66. The van der Waals surface area contributed by atoms with Crippen molar-refractivity contribution < 1.29 is 28.3 Å². The molecule has 1 atom stereocenters. The molecule has 54 heavy (non-hydrogen) atoms. The molecule has 0 spiro atoms. The predicted octanol–water partition coefficient (Wildman–Crippen LogP) is 4.33. The minimum Gasteiger partial charge on any atom is -0.457 e. The maximum absolute atomic E-state index is 15.3. The highest BCUT2D eigenvalue weighted by atomic mass is 19.1. The monoisotopic (exact) mass is 731 g/mol. The molecule has 3 aromatic carbocycles. The van der Waals surface area contributed by atoms with Crippen LogP contribution in [0.25, 0.3) is 11.3 Å². The summed E-state index contributed by atoms with van der Waals surface area (Å²) in [7, 11) is 0. The Balaban J connectivity index is 0.853. The van der Waals surface area contributed by atoms with Crippen LogP contribution in [0.4, 0.5) is 10.2 Å². The van der Waals surface area contributed by atoms with Crippen molar-refractivity contribution in [1.29, 1.82) is 0 Å². The number of halogens is 1. The Hall–Kier alpha value is -5.66. The van der Waals surface area contributed by atoms with E-state index in [4.69, 9.17) is 15.5 Å². The number of hydrogen-bond donors (Lipinski definition) is 2. The second-order valence-corrected chi connectivity index (χ2v) is 14.4. The van der Waals surface area contributed by atoms with Gasteiger partial charge in [-0.2, -0.15) is 0 Å². The first kappa shape index (κ1) is 35.4. The number of para-hydroxylation sites is 1. The number of piperazine rings is 1. The molecule has 0 aliphatic carbocycles. The number of pyridine rings is 1. The molecule has 278 valence electrons. The van der Waals surface area contributed by atoms with Crippen molar-refractivity contribution >= 4 is 29.4 Å². The molecular weight excluding hydrogens is 689 g/mol. The number of aromatic nitrogens is 1. The van der Waals surface area contributed by atoms with E-state index in [1.165, 1.54) is 11.0 Å². The third-order valence-corrected chi connectivity index (χ3v) is 11.0. The molecule has 1 unspecified atom stereocenters. The average molecular weight is 732 g/mol. The fraction of sp³-hybridized carbons (Fsp3) is 0.341. The number of fused-ring (bicyclic) bond motifs is 1. The van der Waals surface area contributed by atoms with E-state index in [1.807, 2.05) is 60.7 Å². The highest BCUT2D eigenvalue weighted by Crippen LogP contribution is 2.32. The van der Waals surface area contributed by atoms with Crippen molar-refractivity contribution in [2.75, 3.05) is 44.2 Å². The standard InChI is InChI=1S/C41H42FN7O5/c42-34-23-33-27(25-49(41(33)53)35-11-13-37(50)45-40(35)52)22-28(34)24-46-18-20-47(21-19-46)29-14-16-48(17-15-29)36-12-10-32(39(43)51)38(44-36)26-6-8-31(9-7-26)54-30-4-2-1-3-5-30/h1-10,12,22-23,29,35H,11,13-21,24-25H2,(H2,43,51)(H,45,50,52). The Kier molecular flexibility index (Phi) is 9.82. The number of carbonyl (C=O) groups is 4. The summed E-state index contributed by atoms with van der Waals surface area (Å²) in [5, 5.41) is 2.31. The summed E-state index contributed by atoms with van der Waals surface area (Å²) in [6, 6.07) is 23.4. The molecule has 4 aromatic rings. The summed E-state index contributed by atoms with van der Waals surface area (Å²) >= 11 is 0. The van der Waals surface area contributed by atoms with Crippen molar-refractivity contribution in [3.05, 3.63) is 107 Å². The fourth-order valence-corrected chi connectivity index (χ4v) is 8.10. The first-order valence-corrected chi connectivity index (χ1v) is 18.5. The number of nitrogens with two attached hydrogens (primary N) is 1. The van der Waals surface area contributed by atoms with Crippen LogP contribution in [0, 0.1) is 5.82 Å². The van der Waals surface area contributed by atoms with Crippen molar-refractivity contribution in [1.82, 2.24) is 25.0 Å². The van der Waals surface area contributed by atoms with Crippen molar-refractivity contribution in [3.8, 4) is 22.8 Å². The van der Waals surface area contributed by atoms with Gasteiger partial charge in [0.05, 0.1) is 11.3 Å². The third kappa shape index (κ3) is 7.29. The number of imide groups is 1. The lowest BCUT2D eigenvalue weighted by atomic mass is 10.0. The Morgan fingerprint density at radius 2 is 1.59 bits per heavy atom. The van der Waals surface area contributed by atoms with Crippen molar-refractivity contribution in [3.63, 3.8) is 0 Å².